The Bertz CT molecular complexity index is 1380. The summed E-state index contributed by atoms with van der Waals surface area (Å²) < 4.78 is 16.9. The Labute approximate surface area is 479 Å². The van der Waals surface area contributed by atoms with Crippen molar-refractivity contribution in [1.29, 1.82) is 0 Å². The van der Waals surface area contributed by atoms with E-state index in [1.54, 1.807) is 0 Å². The normalized spacial score (nSPS) is 12.4. The SMILES string of the molecule is CCCCC/C=C\C/C=C\CCCCCCCC(=O)OC(COC(=O)CCCCCCCCCCCCCCC)COC(=O)CCCCCCCCCCCCCCCCCC/C=C\C/C=C\C/C=C\CCCCCCC. The average molecular weight is 1080 g/mol. The molecule has 0 aromatic rings. The molecular formula is C71H128O6. The molecule has 0 saturated heterocycles. The summed E-state index contributed by atoms with van der Waals surface area (Å²) >= 11 is 0. The number of ether oxygens (including phenoxy) is 3. The lowest BCUT2D eigenvalue weighted by molar-refractivity contribution is -0.167. The molecule has 0 aromatic heterocycles. The van der Waals surface area contributed by atoms with Crippen molar-refractivity contribution in [3.05, 3.63) is 60.8 Å². The molecule has 0 amide bonds. The minimum Gasteiger partial charge on any atom is -0.462 e. The van der Waals surface area contributed by atoms with Gasteiger partial charge in [0.1, 0.15) is 13.2 Å². The zero-order valence-electron chi connectivity index (χ0n) is 51.5. The highest BCUT2D eigenvalue weighted by Crippen LogP contribution is 2.17. The Morgan fingerprint density at radius 2 is 0.468 bits per heavy atom. The molecule has 448 valence electrons. The first-order valence-corrected chi connectivity index (χ1v) is 33.8. The molecule has 0 N–H and O–H groups in total. The highest BCUT2D eigenvalue weighted by molar-refractivity contribution is 5.71. The maximum absolute atomic E-state index is 12.9. The van der Waals surface area contributed by atoms with E-state index in [0.29, 0.717) is 19.3 Å². The zero-order chi connectivity index (χ0) is 55.7. The van der Waals surface area contributed by atoms with Gasteiger partial charge in [0, 0.05) is 19.3 Å². The van der Waals surface area contributed by atoms with E-state index in [1.165, 1.54) is 218 Å². The van der Waals surface area contributed by atoms with E-state index in [-0.39, 0.29) is 31.1 Å². The fourth-order valence-corrected chi connectivity index (χ4v) is 9.89. The number of unbranched alkanes of at least 4 members (excludes halogenated alkanes) is 41. The maximum Gasteiger partial charge on any atom is 0.306 e. The first-order chi connectivity index (χ1) is 38.0. The zero-order valence-corrected chi connectivity index (χ0v) is 51.5. The Hall–Kier alpha value is -2.89. The third-order valence-corrected chi connectivity index (χ3v) is 15.0. The van der Waals surface area contributed by atoms with Gasteiger partial charge in [0.15, 0.2) is 6.10 Å². The first-order valence-electron chi connectivity index (χ1n) is 33.8. The minimum absolute atomic E-state index is 0.0754. The minimum atomic E-state index is -0.779. The Morgan fingerprint density at radius 1 is 0.260 bits per heavy atom. The second-order valence-electron chi connectivity index (χ2n) is 22.7. The van der Waals surface area contributed by atoms with Crippen LogP contribution in [0.2, 0.25) is 0 Å². The molecule has 77 heavy (non-hydrogen) atoms. The average Bonchev–Trinajstić information content (AvgIpc) is 3.43. The molecule has 1 atom stereocenters. The number of rotatable bonds is 62. The van der Waals surface area contributed by atoms with Crippen molar-refractivity contribution in [3.63, 3.8) is 0 Å². The molecular weight excluding hydrogens is 949 g/mol. The van der Waals surface area contributed by atoms with E-state index in [4.69, 9.17) is 14.2 Å². The molecule has 0 aliphatic rings. The molecule has 1 unspecified atom stereocenters. The monoisotopic (exact) mass is 1080 g/mol. The third-order valence-electron chi connectivity index (χ3n) is 15.0. The van der Waals surface area contributed by atoms with Gasteiger partial charge >= 0.3 is 17.9 Å². The van der Waals surface area contributed by atoms with Crippen LogP contribution in [0.15, 0.2) is 60.8 Å². The molecule has 0 spiro atoms. The van der Waals surface area contributed by atoms with Gasteiger partial charge in [0.2, 0.25) is 0 Å². The molecule has 0 heterocycles. The Morgan fingerprint density at radius 3 is 0.753 bits per heavy atom. The summed E-state index contributed by atoms with van der Waals surface area (Å²) in [6.45, 7) is 6.63. The topological polar surface area (TPSA) is 78.9 Å². The smallest absolute Gasteiger partial charge is 0.306 e. The number of carbonyl (C=O) groups excluding carboxylic acids is 3. The van der Waals surface area contributed by atoms with Gasteiger partial charge in [-0.05, 0) is 89.9 Å². The molecule has 0 radical (unpaired) electrons. The van der Waals surface area contributed by atoms with Crippen LogP contribution in [0.3, 0.4) is 0 Å². The van der Waals surface area contributed by atoms with E-state index in [9.17, 15) is 14.4 Å². The predicted octanol–water partition coefficient (Wildman–Crippen LogP) is 23.1. The molecule has 0 aromatic carbocycles. The van der Waals surface area contributed by atoms with E-state index in [0.717, 1.165) is 96.3 Å². The highest BCUT2D eigenvalue weighted by atomic mass is 16.6. The molecule has 0 aliphatic carbocycles. The van der Waals surface area contributed by atoms with Crippen LogP contribution in [0.5, 0.6) is 0 Å². The van der Waals surface area contributed by atoms with Crippen LogP contribution in [0, 0.1) is 0 Å². The van der Waals surface area contributed by atoms with Crippen molar-refractivity contribution in [2.45, 2.75) is 361 Å². The van der Waals surface area contributed by atoms with E-state index in [2.05, 4.69) is 81.5 Å². The summed E-state index contributed by atoms with van der Waals surface area (Å²) in [5.74, 6) is -0.870. The maximum atomic E-state index is 12.9. The summed E-state index contributed by atoms with van der Waals surface area (Å²) in [4.78, 5) is 38.3. The van der Waals surface area contributed by atoms with Crippen LogP contribution >= 0.6 is 0 Å². The van der Waals surface area contributed by atoms with Crippen molar-refractivity contribution in [3.8, 4) is 0 Å². The van der Waals surface area contributed by atoms with E-state index in [1.807, 2.05) is 0 Å². The van der Waals surface area contributed by atoms with Crippen LogP contribution in [0.4, 0.5) is 0 Å². The second-order valence-corrected chi connectivity index (χ2v) is 22.7. The molecule has 0 rings (SSSR count). The third kappa shape index (κ3) is 63.8. The highest BCUT2D eigenvalue weighted by Gasteiger charge is 2.19. The Kier molecular flexibility index (Phi) is 63.2. The van der Waals surface area contributed by atoms with Crippen LogP contribution in [0.25, 0.3) is 0 Å². The number of hydrogen-bond donors (Lipinski definition) is 0. The van der Waals surface area contributed by atoms with Crippen molar-refractivity contribution in [2.75, 3.05) is 13.2 Å². The number of allylic oxidation sites excluding steroid dienone is 10. The summed E-state index contributed by atoms with van der Waals surface area (Å²) in [5.41, 5.74) is 0. The lowest BCUT2D eigenvalue weighted by Crippen LogP contribution is -2.30. The molecule has 0 fully saturated rings. The lowest BCUT2D eigenvalue weighted by atomic mass is 10.0. The van der Waals surface area contributed by atoms with Crippen molar-refractivity contribution in [2.24, 2.45) is 0 Å². The van der Waals surface area contributed by atoms with Crippen LogP contribution in [-0.4, -0.2) is 37.2 Å². The van der Waals surface area contributed by atoms with Gasteiger partial charge in [-0.1, -0.05) is 306 Å². The summed E-state index contributed by atoms with van der Waals surface area (Å²) in [6, 6.07) is 0. The first kappa shape index (κ1) is 74.1. The lowest BCUT2D eigenvalue weighted by Gasteiger charge is -2.18. The molecule has 0 bridgehead atoms. The van der Waals surface area contributed by atoms with Crippen molar-refractivity contribution >= 4 is 17.9 Å². The second kappa shape index (κ2) is 65.6. The van der Waals surface area contributed by atoms with E-state index >= 15 is 0 Å². The van der Waals surface area contributed by atoms with Gasteiger partial charge in [0.05, 0.1) is 0 Å². The van der Waals surface area contributed by atoms with Gasteiger partial charge in [-0.25, -0.2) is 0 Å². The van der Waals surface area contributed by atoms with Crippen molar-refractivity contribution in [1.82, 2.24) is 0 Å². The molecule has 6 heteroatoms. The largest absolute Gasteiger partial charge is 0.462 e. The summed E-state index contributed by atoms with van der Waals surface area (Å²) in [5, 5.41) is 0. The number of esters is 3. The van der Waals surface area contributed by atoms with Gasteiger partial charge in [-0.3, -0.25) is 14.4 Å². The van der Waals surface area contributed by atoms with Crippen LogP contribution < -0.4 is 0 Å². The van der Waals surface area contributed by atoms with Gasteiger partial charge in [-0.2, -0.15) is 0 Å². The molecule has 0 aliphatic heterocycles. The van der Waals surface area contributed by atoms with Gasteiger partial charge in [0.25, 0.3) is 0 Å². The van der Waals surface area contributed by atoms with E-state index < -0.39 is 6.10 Å². The fraction of sp³-hybridized carbons (Fsp3) is 0.817. The summed E-state index contributed by atoms with van der Waals surface area (Å²) in [6.07, 6.45) is 83.9. The van der Waals surface area contributed by atoms with Crippen LogP contribution in [-0.2, 0) is 28.6 Å². The summed E-state index contributed by atoms with van der Waals surface area (Å²) in [7, 11) is 0. The number of carbonyl (C=O) groups is 3. The van der Waals surface area contributed by atoms with Gasteiger partial charge in [-0.15, -0.1) is 0 Å². The molecule has 6 nitrogen and oxygen atoms in total. The van der Waals surface area contributed by atoms with Crippen molar-refractivity contribution < 1.29 is 28.6 Å². The van der Waals surface area contributed by atoms with Gasteiger partial charge < -0.3 is 14.2 Å². The van der Waals surface area contributed by atoms with Crippen LogP contribution in [0.1, 0.15) is 355 Å². The number of hydrogen-bond acceptors (Lipinski definition) is 6. The predicted molar refractivity (Wildman–Crippen MR) is 335 cm³/mol. The quantitative estimate of drug-likeness (QED) is 0.0261. The Balaban J connectivity index is 4.16. The standard InChI is InChI=1S/C71H128O6/c1-4-7-10-13-16-19-22-25-27-28-29-30-31-32-33-34-35-36-37-38-39-40-41-42-44-46-49-52-55-58-61-64-70(73)76-67-68(66-75-69(72)63-60-57-54-51-48-45-24-21-18-15-12-9-6-3)77-71(74)65-62-59-56-53-50-47-43-26-23-20-17-14-11-8-5-2/h17,20,22,25-26,28-29,31-32,43,68H,4-16,18-19,21,23-24,27,30,33-42,44-67H2,1-3H3/b20-17-,25-22-,29-28-,32-31-,43-26-. The molecule has 0 saturated carbocycles. The fourth-order valence-electron chi connectivity index (χ4n) is 9.89.